The lowest BCUT2D eigenvalue weighted by molar-refractivity contribution is -0.186. The molecule has 45 heteroatoms. The molecule has 0 radical (unpaired) electrons. The molecule has 8 aromatic carbocycles. The van der Waals surface area contributed by atoms with Gasteiger partial charge in [0.1, 0.15) is 0 Å². The van der Waals surface area contributed by atoms with Crippen LogP contribution in [0.2, 0.25) is 0 Å². The molecule has 0 unspecified atom stereocenters. The highest BCUT2D eigenvalue weighted by Crippen LogP contribution is 2.33. The topological polar surface area (TPSA) is 604 Å². The van der Waals surface area contributed by atoms with Gasteiger partial charge in [-0.15, -0.1) is 0 Å². The van der Waals surface area contributed by atoms with E-state index in [1.807, 2.05) is 52.0 Å². The summed E-state index contributed by atoms with van der Waals surface area (Å²) in [6.07, 6.45) is 13.0. The first-order chi connectivity index (χ1) is 65.1. The van der Waals surface area contributed by atoms with Gasteiger partial charge >= 0.3 is 76.4 Å². The Morgan fingerprint density at radius 3 is 0.657 bits per heavy atom. The van der Waals surface area contributed by atoms with Crippen molar-refractivity contribution < 1.29 is 98.4 Å². The van der Waals surface area contributed by atoms with Crippen LogP contribution in [0.25, 0.3) is 0 Å². The van der Waals surface area contributed by atoms with Crippen molar-refractivity contribution in [3.8, 4) is 0 Å². The molecule has 137 heavy (non-hydrogen) atoms. The highest BCUT2D eigenvalue weighted by Gasteiger charge is 2.59. The number of aliphatic hydroxyl groups is 8. The first kappa shape index (κ1) is 96.9. The summed E-state index contributed by atoms with van der Waals surface area (Å²) in [6.45, 7) is 7.42. The summed E-state index contributed by atoms with van der Waals surface area (Å²) in [7, 11) is 5.08. The van der Waals surface area contributed by atoms with Crippen molar-refractivity contribution in [1.82, 2.24) is 79.9 Å². The number of carbonyl (C=O) groups excluding carboxylic acids is 12. The fourth-order valence-corrected chi connectivity index (χ4v) is 13.5. The van der Waals surface area contributed by atoms with Gasteiger partial charge in [0.05, 0.1) is 26.2 Å². The molecule has 4 aromatic heterocycles. The number of aryl methyl sites for hydroxylation is 4. The number of nitrogens with one attached hydrogen (secondary N) is 9. The van der Waals surface area contributed by atoms with Crippen LogP contribution in [-0.4, -0.2) is 243 Å². The molecule has 4 saturated heterocycles. The van der Waals surface area contributed by atoms with Crippen molar-refractivity contribution in [2.24, 2.45) is 0 Å². The third-order valence-electron chi connectivity index (χ3n) is 21.4. The van der Waals surface area contributed by atoms with E-state index in [2.05, 4.69) is 87.7 Å². The quantitative estimate of drug-likeness (QED) is 0.0276. The Hall–Kier alpha value is -17.6. The molecular formula is C92H89N25O20. The Morgan fingerprint density at radius 1 is 0.263 bits per heavy atom. The predicted molar refractivity (Wildman–Crippen MR) is 490 cm³/mol. The van der Waals surface area contributed by atoms with Gasteiger partial charge in [0.25, 0.3) is 17.7 Å². The summed E-state index contributed by atoms with van der Waals surface area (Å²) in [4.78, 5) is 179. The summed E-state index contributed by atoms with van der Waals surface area (Å²) < 4.78 is 0. The van der Waals surface area contributed by atoms with Crippen LogP contribution in [-0.2, 0) is 64.5 Å². The van der Waals surface area contributed by atoms with Crippen LogP contribution in [0.15, 0.2) is 244 Å². The maximum atomic E-state index is 12.7. The number of hydrogen-bond acceptors (Lipinski definition) is 32. The molecule has 8 heterocycles. The number of likely N-dealkylation sites (N-methyl/N-ethyl adjacent to an activating group) is 4. The first-order valence-corrected chi connectivity index (χ1v) is 41.3. The SMILES string of the molecule is Cc1ccc(NC(=O)Nc2ccc(CN3C(=O)C(O)(O)C(=O)N3C)cc2)cc1Nc1ncccn1.Cc1ccc(NC(=O)c2ccc(CN3C(=O)C(O)(O)C(=O)N3C)cc2)cc1Nc1ncccn1.Cc1ccc(NC(=O)c2ccc(CN3C(=O)C(O)(O)C(=O)N3C)cc2)cc1Nc1ncccn1.Cc1ccc(NC(=O)c2ccc(CN3C(=O)C(O)(O)C(=O)N3C)cc2)cc1Nc1ncccn1. The lowest BCUT2D eigenvalue weighted by Gasteiger charge is -2.23. The molecule has 0 spiro atoms. The van der Waals surface area contributed by atoms with E-state index in [9.17, 15) is 98.4 Å². The molecule has 4 aliphatic rings. The highest BCUT2D eigenvalue weighted by molar-refractivity contribution is 6.13. The Bertz CT molecular complexity index is 6110. The first-order valence-electron chi connectivity index (χ1n) is 41.3. The number of benzene rings is 8. The Kier molecular flexibility index (Phi) is 29.0. The number of anilines is 13. The molecule has 0 aliphatic carbocycles. The van der Waals surface area contributed by atoms with Gasteiger partial charge in [-0.2, -0.15) is 0 Å². The number of hydrogen-bond donors (Lipinski definition) is 17. The summed E-state index contributed by atoms with van der Waals surface area (Å²) in [5.74, 6) is -20.6. The zero-order valence-electron chi connectivity index (χ0n) is 74.1. The molecule has 0 atom stereocenters. The van der Waals surface area contributed by atoms with E-state index in [1.165, 1.54) is 28.2 Å². The summed E-state index contributed by atoms with van der Waals surface area (Å²) in [5, 5.41) is 111. The van der Waals surface area contributed by atoms with Crippen LogP contribution in [0.4, 0.5) is 79.8 Å². The van der Waals surface area contributed by atoms with Gasteiger partial charge in [-0.3, -0.25) is 52.7 Å². The Morgan fingerprint density at radius 2 is 0.453 bits per heavy atom. The van der Waals surface area contributed by atoms with Gasteiger partial charge < -0.3 is 88.7 Å². The second-order valence-electron chi connectivity index (χ2n) is 31.1. The van der Waals surface area contributed by atoms with E-state index in [1.54, 1.807) is 219 Å². The average molecular weight is 1860 g/mol. The highest BCUT2D eigenvalue weighted by atomic mass is 16.5. The van der Waals surface area contributed by atoms with Crippen molar-refractivity contribution in [3.05, 3.63) is 305 Å². The van der Waals surface area contributed by atoms with E-state index in [0.717, 1.165) is 85.1 Å². The van der Waals surface area contributed by atoms with Gasteiger partial charge in [0.15, 0.2) is 0 Å². The molecule has 12 aromatic rings. The van der Waals surface area contributed by atoms with Crippen molar-refractivity contribution in [2.45, 2.75) is 77.0 Å². The van der Waals surface area contributed by atoms with Crippen molar-refractivity contribution in [1.29, 1.82) is 0 Å². The largest absolute Gasteiger partial charge is 0.351 e. The van der Waals surface area contributed by atoms with Gasteiger partial charge in [-0.05, 0) is 194 Å². The van der Waals surface area contributed by atoms with E-state index in [0.29, 0.717) is 91.2 Å². The van der Waals surface area contributed by atoms with E-state index < -0.39 is 76.4 Å². The normalized spacial score (nSPS) is 14.9. The van der Waals surface area contributed by atoms with Gasteiger partial charge in [0.2, 0.25) is 23.8 Å². The fraction of sp³-hybridized carbons (Fsp3) is 0.174. The van der Waals surface area contributed by atoms with Gasteiger partial charge in [0, 0.05) is 146 Å². The molecule has 17 N–H and O–H groups in total. The van der Waals surface area contributed by atoms with Crippen LogP contribution < -0.4 is 47.9 Å². The standard InChI is InChI=1S/C23H23N7O5.3C23H22N6O5/c1-14-4-7-17(12-18(14)28-21-24-10-3-11-25-21)27-22(33)26-16-8-5-15(6-9-16)13-30-20(32)23(34,35)19(31)29(30)2;3*1-14-4-9-17(12-18(14)27-22-24-10-3-11-25-22)26-19(30)16-7-5-15(6-8-16)13-29-21(32)23(33,34)20(31)28(29)2/h3-12,34-35H,13H2,1-2H3,(H,24,25,28)(H2,26,27,33);3*3-12,33-34H,13H2,1-2H3,(H,26,30)(H,24,25,27). The smallest absolute Gasteiger partial charge is 0.330 e. The van der Waals surface area contributed by atoms with E-state index in [-0.39, 0.29) is 43.9 Å². The number of amides is 13. The number of aromatic nitrogens is 8. The van der Waals surface area contributed by atoms with E-state index in [4.69, 9.17) is 0 Å². The minimum atomic E-state index is -3.07. The predicted octanol–water partition coefficient (Wildman–Crippen LogP) is 5.10. The maximum Gasteiger partial charge on any atom is 0.330 e. The zero-order valence-corrected chi connectivity index (χ0v) is 74.1. The molecule has 4 aliphatic heterocycles. The van der Waals surface area contributed by atoms with Gasteiger partial charge in [-0.1, -0.05) is 72.8 Å². The molecule has 0 saturated carbocycles. The monoisotopic (exact) mass is 1860 g/mol. The zero-order chi connectivity index (χ0) is 98.5. The number of urea groups is 1. The lowest BCUT2D eigenvalue weighted by atomic mass is 10.1. The van der Waals surface area contributed by atoms with E-state index >= 15 is 0 Å². The fourth-order valence-electron chi connectivity index (χ4n) is 13.5. The Balaban J connectivity index is 0.000000154. The second kappa shape index (κ2) is 41.0. The number of rotatable bonds is 24. The third kappa shape index (κ3) is 22.6. The molecule has 4 fully saturated rings. The lowest BCUT2D eigenvalue weighted by Crippen LogP contribution is -2.43. The summed E-state index contributed by atoms with van der Waals surface area (Å²) in [5.41, 5.74) is 13.0. The maximum absolute atomic E-state index is 12.7. The minimum Gasteiger partial charge on any atom is -0.351 e. The van der Waals surface area contributed by atoms with Crippen molar-refractivity contribution in [3.63, 3.8) is 0 Å². The van der Waals surface area contributed by atoms with Crippen molar-refractivity contribution >= 4 is 146 Å². The average Bonchev–Trinajstić information content (AvgIpc) is 1.63. The minimum absolute atomic E-state index is 0.0549. The number of nitrogens with zero attached hydrogens (tertiary/aromatic N) is 16. The molecule has 0 bridgehead atoms. The molecule has 45 nitrogen and oxygen atoms in total. The van der Waals surface area contributed by atoms with Crippen LogP contribution in [0.5, 0.6) is 0 Å². The second-order valence-corrected chi connectivity index (χ2v) is 31.1. The Labute approximate surface area is 778 Å². The van der Waals surface area contributed by atoms with Crippen LogP contribution in [0.3, 0.4) is 0 Å². The summed E-state index contributed by atoms with van der Waals surface area (Å²) in [6, 6.07) is 53.7. The molecular weight excluding hydrogens is 1780 g/mol. The molecule has 702 valence electrons. The molecule has 16 rings (SSSR count). The third-order valence-corrected chi connectivity index (χ3v) is 21.4. The van der Waals surface area contributed by atoms with Crippen LogP contribution in [0, 0.1) is 27.7 Å². The van der Waals surface area contributed by atoms with Crippen LogP contribution in [0.1, 0.15) is 75.6 Å². The van der Waals surface area contributed by atoms with Crippen molar-refractivity contribution in [2.75, 3.05) is 76.0 Å². The summed E-state index contributed by atoms with van der Waals surface area (Å²) >= 11 is 0. The molecule has 13 amide bonds. The number of hydrazine groups is 4. The van der Waals surface area contributed by atoms with Crippen LogP contribution >= 0.6 is 0 Å². The van der Waals surface area contributed by atoms with Gasteiger partial charge in [-0.25, -0.2) is 84.7 Å². The number of carbonyl (C=O) groups is 12.